The van der Waals surface area contributed by atoms with Crippen LogP contribution < -0.4 is 20.1 Å². The Balaban J connectivity index is 1.16. The number of carboxylic acids is 2. The molecule has 0 aliphatic carbocycles. The average Bonchev–Trinajstić information content (AvgIpc) is 3.10. The van der Waals surface area contributed by atoms with Crippen molar-refractivity contribution in [1.29, 1.82) is 0 Å². The summed E-state index contributed by atoms with van der Waals surface area (Å²) < 4.78 is 11.8. The Morgan fingerprint density at radius 2 is 0.833 bits per heavy atom. The second-order valence-corrected chi connectivity index (χ2v) is 10.3. The minimum atomic E-state index is -1.21. The molecule has 0 bridgehead atoms. The molecule has 2 amide bonds. The lowest BCUT2D eigenvalue weighted by molar-refractivity contribution is 0.0683. The van der Waals surface area contributed by atoms with Gasteiger partial charge in [-0.2, -0.15) is 0 Å². The van der Waals surface area contributed by atoms with Crippen LogP contribution >= 0.6 is 0 Å². The molecule has 0 radical (unpaired) electrons. The first kappa shape index (κ1) is 32.5. The molecule has 5 rings (SSSR count). The molecular weight excluding hydrogens is 612 g/mol. The topological polar surface area (TPSA) is 151 Å². The van der Waals surface area contributed by atoms with Gasteiger partial charge in [0.15, 0.2) is 0 Å². The number of carboxylic acid groups (broad SMARTS) is 2. The van der Waals surface area contributed by atoms with E-state index in [-0.39, 0.29) is 22.3 Å². The second kappa shape index (κ2) is 14.4. The Morgan fingerprint density at radius 3 is 1.23 bits per heavy atom. The van der Waals surface area contributed by atoms with Crippen molar-refractivity contribution in [3.63, 3.8) is 0 Å². The van der Waals surface area contributed by atoms with Crippen molar-refractivity contribution in [3.8, 4) is 23.0 Å². The van der Waals surface area contributed by atoms with Crippen molar-refractivity contribution in [1.82, 2.24) is 0 Å². The molecule has 48 heavy (non-hydrogen) atoms. The third-order valence-corrected chi connectivity index (χ3v) is 7.03. The third-order valence-electron chi connectivity index (χ3n) is 7.03. The van der Waals surface area contributed by atoms with Gasteiger partial charge < -0.3 is 30.3 Å². The zero-order chi connectivity index (χ0) is 34.2. The fraction of sp³-hybridized carbons (Fsp3) is 0. The summed E-state index contributed by atoms with van der Waals surface area (Å²) in [5.41, 5.74) is 1.93. The summed E-state index contributed by atoms with van der Waals surface area (Å²) in [7, 11) is 0. The number of ether oxygens (including phenoxy) is 2. The monoisotopic (exact) mass is 640 g/mol. The summed E-state index contributed by atoms with van der Waals surface area (Å²) >= 11 is 0. The van der Waals surface area contributed by atoms with Crippen LogP contribution in [0, 0.1) is 0 Å². The van der Waals surface area contributed by atoms with E-state index in [4.69, 9.17) is 9.47 Å². The zero-order valence-electron chi connectivity index (χ0n) is 25.3. The maximum atomic E-state index is 12.8. The maximum Gasteiger partial charge on any atom is 0.336 e. The predicted octanol–water partition coefficient (Wildman–Crippen LogP) is 8.46. The van der Waals surface area contributed by atoms with Gasteiger partial charge >= 0.3 is 11.9 Å². The van der Waals surface area contributed by atoms with Crippen molar-refractivity contribution in [2.24, 2.45) is 0 Å². The first-order chi connectivity index (χ1) is 23.1. The van der Waals surface area contributed by atoms with Gasteiger partial charge in [0.25, 0.3) is 11.8 Å². The van der Waals surface area contributed by atoms with Crippen molar-refractivity contribution in [2.45, 2.75) is 0 Å². The largest absolute Gasteiger partial charge is 0.478 e. The summed E-state index contributed by atoms with van der Waals surface area (Å²) in [5.74, 6) is -1.47. The lowest BCUT2D eigenvalue weighted by Gasteiger charge is -2.11. The van der Waals surface area contributed by atoms with E-state index < -0.39 is 23.8 Å². The number of anilines is 2. The molecule has 0 fully saturated rings. The number of amides is 2. The van der Waals surface area contributed by atoms with E-state index in [2.05, 4.69) is 23.8 Å². The van der Waals surface area contributed by atoms with Crippen LogP contribution in [0.15, 0.2) is 122 Å². The highest BCUT2D eigenvalue weighted by atomic mass is 16.5. The molecule has 0 aromatic heterocycles. The Morgan fingerprint density at radius 1 is 0.479 bits per heavy atom. The molecule has 0 heterocycles. The molecule has 0 spiro atoms. The van der Waals surface area contributed by atoms with Gasteiger partial charge in [0.2, 0.25) is 0 Å². The maximum absolute atomic E-state index is 12.8. The first-order valence-electron chi connectivity index (χ1n) is 14.4. The summed E-state index contributed by atoms with van der Waals surface area (Å²) in [6, 6.07) is 28.9. The highest BCUT2D eigenvalue weighted by molar-refractivity contribution is 6.12. The zero-order valence-corrected chi connectivity index (χ0v) is 25.3. The number of rotatable bonds is 12. The first-order valence-corrected chi connectivity index (χ1v) is 14.4. The molecular formula is C38H28N2O8. The Kier molecular flexibility index (Phi) is 9.76. The number of aromatic carboxylic acids is 2. The van der Waals surface area contributed by atoms with Crippen molar-refractivity contribution >= 4 is 47.3 Å². The second-order valence-electron chi connectivity index (χ2n) is 10.3. The number of nitrogens with one attached hydrogen (secondary N) is 2. The predicted molar refractivity (Wildman–Crippen MR) is 182 cm³/mol. The highest BCUT2D eigenvalue weighted by Gasteiger charge is 2.18. The van der Waals surface area contributed by atoms with Gasteiger partial charge in [0, 0.05) is 11.4 Å². The average molecular weight is 641 g/mol. The minimum absolute atomic E-state index is 0.0205. The third kappa shape index (κ3) is 7.82. The Hall–Kier alpha value is -6.94. The van der Waals surface area contributed by atoms with Crippen LogP contribution in [0.4, 0.5) is 11.4 Å². The van der Waals surface area contributed by atoms with Gasteiger partial charge in [0.05, 0.1) is 22.3 Å². The Bertz CT molecular complexity index is 2030. The van der Waals surface area contributed by atoms with Crippen LogP contribution in [-0.4, -0.2) is 34.0 Å². The van der Waals surface area contributed by atoms with Crippen LogP contribution in [0.5, 0.6) is 23.0 Å². The molecule has 5 aromatic rings. The van der Waals surface area contributed by atoms with E-state index >= 15 is 0 Å². The van der Waals surface area contributed by atoms with Crippen LogP contribution in [0.3, 0.4) is 0 Å². The van der Waals surface area contributed by atoms with E-state index in [0.717, 1.165) is 0 Å². The molecule has 10 heteroatoms. The van der Waals surface area contributed by atoms with Crippen LogP contribution in [-0.2, 0) is 0 Å². The van der Waals surface area contributed by atoms with Gasteiger partial charge in [-0.05, 0) is 108 Å². The van der Waals surface area contributed by atoms with Gasteiger partial charge in [-0.3, -0.25) is 9.59 Å². The SMILES string of the molecule is C=Cc1ccc(C(=O)Nc2ccc(Oc3ccc(Oc4ccc(NC(=O)c5cc(C=C)ccc5C(=O)O)cc4)cc3)cc2)c(C(=O)O)c1. The molecule has 238 valence electrons. The molecule has 0 atom stereocenters. The number of benzene rings is 5. The molecule has 0 saturated heterocycles. The summed E-state index contributed by atoms with van der Waals surface area (Å²) in [4.78, 5) is 48.8. The van der Waals surface area contributed by atoms with Gasteiger partial charge in [-0.25, -0.2) is 9.59 Å². The fourth-order valence-electron chi connectivity index (χ4n) is 4.58. The van der Waals surface area contributed by atoms with E-state index in [1.807, 2.05) is 0 Å². The standard InChI is InChI=1S/C38H28N2O8/c1-3-23-6-20-32(37(43)44)33(21-23)36(42)40-26-9-13-28(14-10-26)48-30-17-15-29(16-18-30)47-27-11-7-25(8-12-27)39-35(41)31-19-5-24(4-2)22-34(31)38(45)46/h3-22H,1-2H2,(H,39,41)(H,40,42)(H,43,44)(H,45,46). The van der Waals surface area contributed by atoms with Gasteiger partial charge in [-0.1, -0.05) is 37.4 Å². The summed E-state index contributed by atoms with van der Waals surface area (Å²) in [5, 5.41) is 24.4. The number of hydrogen-bond donors (Lipinski definition) is 4. The fourth-order valence-corrected chi connectivity index (χ4v) is 4.58. The lowest BCUT2D eigenvalue weighted by atomic mass is 10.0. The quantitative estimate of drug-likeness (QED) is 0.106. The normalized spacial score (nSPS) is 10.3. The summed E-state index contributed by atoms with van der Waals surface area (Å²) in [6.45, 7) is 7.28. The number of carbonyl (C=O) groups is 4. The van der Waals surface area contributed by atoms with E-state index in [1.165, 1.54) is 36.4 Å². The lowest BCUT2D eigenvalue weighted by Crippen LogP contribution is -2.16. The minimum Gasteiger partial charge on any atom is -0.478 e. The van der Waals surface area contributed by atoms with Gasteiger partial charge in [0.1, 0.15) is 23.0 Å². The van der Waals surface area contributed by atoms with Crippen LogP contribution in [0.2, 0.25) is 0 Å². The Labute approximate surface area is 275 Å². The van der Waals surface area contributed by atoms with Gasteiger partial charge in [-0.15, -0.1) is 0 Å². The molecule has 5 aromatic carbocycles. The molecule has 0 aliphatic rings. The molecule has 0 aliphatic heterocycles. The molecule has 10 nitrogen and oxygen atoms in total. The van der Waals surface area contributed by atoms with E-state index in [0.29, 0.717) is 45.5 Å². The van der Waals surface area contributed by atoms with Crippen molar-refractivity contribution < 1.29 is 38.9 Å². The van der Waals surface area contributed by atoms with Crippen LogP contribution in [0.25, 0.3) is 12.2 Å². The number of carbonyl (C=O) groups excluding carboxylic acids is 2. The molecule has 0 saturated carbocycles. The van der Waals surface area contributed by atoms with Crippen molar-refractivity contribution in [3.05, 3.63) is 156 Å². The molecule has 4 N–H and O–H groups in total. The van der Waals surface area contributed by atoms with Crippen LogP contribution in [0.1, 0.15) is 52.6 Å². The van der Waals surface area contributed by atoms with E-state index in [9.17, 15) is 29.4 Å². The highest BCUT2D eigenvalue weighted by Crippen LogP contribution is 2.29. The van der Waals surface area contributed by atoms with Crippen molar-refractivity contribution in [2.75, 3.05) is 10.6 Å². The van der Waals surface area contributed by atoms with E-state index in [1.54, 1.807) is 84.9 Å². The number of hydrogen-bond acceptors (Lipinski definition) is 6. The summed E-state index contributed by atoms with van der Waals surface area (Å²) in [6.07, 6.45) is 3.03. The molecule has 0 unspecified atom stereocenters. The smallest absolute Gasteiger partial charge is 0.336 e.